The fourth-order valence-electron chi connectivity index (χ4n) is 2.22. The van der Waals surface area contributed by atoms with Gasteiger partial charge in [0.15, 0.2) is 0 Å². The number of primary amides is 1. The maximum Gasteiger partial charge on any atom is 0.252 e. The van der Waals surface area contributed by atoms with Crippen LogP contribution in [0.25, 0.3) is 0 Å². The Bertz CT molecular complexity index is 470. The molecule has 1 heterocycles. The van der Waals surface area contributed by atoms with Gasteiger partial charge in [-0.2, -0.15) is 0 Å². The van der Waals surface area contributed by atoms with Crippen LogP contribution in [0.5, 0.6) is 5.75 Å². The minimum Gasteiger partial charge on any atom is -0.491 e. The van der Waals surface area contributed by atoms with Crippen molar-refractivity contribution in [2.45, 2.75) is 0 Å². The monoisotopic (exact) mass is 278 g/mol. The van der Waals surface area contributed by atoms with Gasteiger partial charge in [-0.3, -0.25) is 9.69 Å². The van der Waals surface area contributed by atoms with Gasteiger partial charge < -0.3 is 21.1 Å². The van der Waals surface area contributed by atoms with Crippen LogP contribution in [0.2, 0.25) is 0 Å². The number of likely N-dealkylation sites (N-methyl/N-ethyl adjacent to an activating group) is 1. The summed E-state index contributed by atoms with van der Waals surface area (Å²) in [4.78, 5) is 16.0. The Morgan fingerprint density at radius 3 is 2.65 bits per heavy atom. The number of carbonyl (C=O) groups is 1. The molecule has 1 amide bonds. The van der Waals surface area contributed by atoms with Crippen molar-refractivity contribution < 1.29 is 9.53 Å². The first-order valence-electron chi connectivity index (χ1n) is 6.79. The van der Waals surface area contributed by atoms with E-state index in [4.69, 9.17) is 16.2 Å². The summed E-state index contributed by atoms with van der Waals surface area (Å²) in [5, 5.41) is 0. The smallest absolute Gasteiger partial charge is 0.252 e. The zero-order chi connectivity index (χ0) is 14.5. The Balaban J connectivity index is 1.86. The van der Waals surface area contributed by atoms with E-state index in [9.17, 15) is 4.79 Å². The molecule has 20 heavy (non-hydrogen) atoms. The Morgan fingerprint density at radius 1 is 1.30 bits per heavy atom. The van der Waals surface area contributed by atoms with Gasteiger partial charge in [-0.25, -0.2) is 0 Å². The van der Waals surface area contributed by atoms with Gasteiger partial charge in [-0.05, 0) is 25.2 Å². The summed E-state index contributed by atoms with van der Waals surface area (Å²) >= 11 is 0. The largest absolute Gasteiger partial charge is 0.491 e. The summed E-state index contributed by atoms with van der Waals surface area (Å²) in [6, 6.07) is 4.95. The van der Waals surface area contributed by atoms with Crippen LogP contribution < -0.4 is 16.2 Å². The molecule has 0 aliphatic carbocycles. The first-order valence-corrected chi connectivity index (χ1v) is 6.79. The minimum atomic E-state index is -0.521. The number of carbonyl (C=O) groups excluding carboxylic acids is 1. The van der Waals surface area contributed by atoms with Crippen molar-refractivity contribution in [3.63, 3.8) is 0 Å². The van der Waals surface area contributed by atoms with Gasteiger partial charge in [-0.15, -0.1) is 0 Å². The lowest BCUT2D eigenvalue weighted by Gasteiger charge is -2.32. The summed E-state index contributed by atoms with van der Waals surface area (Å²) < 4.78 is 5.67. The number of nitrogen functional groups attached to an aromatic ring is 1. The summed E-state index contributed by atoms with van der Waals surface area (Å²) in [7, 11) is 2.13. The molecule has 0 radical (unpaired) electrons. The fraction of sp³-hybridized carbons (Fsp3) is 0.500. The standard InChI is InChI=1S/C14H22N4O2/c1-17-4-6-18(7-5-17)8-9-20-13-3-2-11(15)10-12(13)14(16)19/h2-3,10H,4-9,15H2,1H3,(H2,16,19). The van der Waals surface area contributed by atoms with Crippen LogP contribution in [0.3, 0.4) is 0 Å². The number of piperazine rings is 1. The molecule has 1 saturated heterocycles. The van der Waals surface area contributed by atoms with E-state index in [0.29, 0.717) is 23.6 Å². The molecule has 6 heteroatoms. The van der Waals surface area contributed by atoms with Crippen molar-refractivity contribution in [3.05, 3.63) is 23.8 Å². The van der Waals surface area contributed by atoms with Crippen LogP contribution in [0.1, 0.15) is 10.4 Å². The molecule has 4 N–H and O–H groups in total. The Labute approximate surface area is 119 Å². The molecule has 1 fully saturated rings. The van der Waals surface area contributed by atoms with E-state index in [1.807, 2.05) is 0 Å². The summed E-state index contributed by atoms with van der Waals surface area (Å²) in [5.74, 6) is -0.0206. The summed E-state index contributed by atoms with van der Waals surface area (Å²) in [6.07, 6.45) is 0. The van der Waals surface area contributed by atoms with Crippen LogP contribution in [0.4, 0.5) is 5.69 Å². The van der Waals surface area contributed by atoms with E-state index in [2.05, 4.69) is 16.8 Å². The lowest BCUT2D eigenvalue weighted by atomic mass is 10.1. The average Bonchev–Trinajstić information content (AvgIpc) is 2.42. The molecular formula is C14H22N4O2. The maximum absolute atomic E-state index is 11.3. The van der Waals surface area contributed by atoms with Crippen LogP contribution in [-0.4, -0.2) is 62.1 Å². The highest BCUT2D eigenvalue weighted by molar-refractivity contribution is 5.96. The highest BCUT2D eigenvalue weighted by Crippen LogP contribution is 2.20. The number of amides is 1. The van der Waals surface area contributed by atoms with Gasteiger partial charge in [0.2, 0.25) is 0 Å². The number of hydrogen-bond donors (Lipinski definition) is 2. The molecule has 0 atom stereocenters. The first kappa shape index (κ1) is 14.6. The van der Waals surface area contributed by atoms with Crippen LogP contribution in [0.15, 0.2) is 18.2 Å². The van der Waals surface area contributed by atoms with Gasteiger partial charge in [0.25, 0.3) is 5.91 Å². The van der Waals surface area contributed by atoms with Crippen molar-refractivity contribution >= 4 is 11.6 Å². The SMILES string of the molecule is CN1CCN(CCOc2ccc(N)cc2C(N)=O)CC1. The zero-order valence-corrected chi connectivity index (χ0v) is 11.8. The molecule has 0 spiro atoms. The predicted molar refractivity (Wildman–Crippen MR) is 78.8 cm³/mol. The third-order valence-corrected chi connectivity index (χ3v) is 3.53. The van der Waals surface area contributed by atoms with Crippen molar-refractivity contribution in [2.75, 3.05) is 52.1 Å². The average molecular weight is 278 g/mol. The number of hydrogen-bond acceptors (Lipinski definition) is 5. The second kappa shape index (κ2) is 6.58. The van der Waals surface area contributed by atoms with E-state index in [1.165, 1.54) is 0 Å². The van der Waals surface area contributed by atoms with Crippen molar-refractivity contribution in [2.24, 2.45) is 5.73 Å². The molecule has 0 saturated carbocycles. The first-order chi connectivity index (χ1) is 9.56. The van der Waals surface area contributed by atoms with Gasteiger partial charge in [0, 0.05) is 38.4 Å². The molecule has 0 bridgehead atoms. The van der Waals surface area contributed by atoms with E-state index in [0.717, 1.165) is 32.7 Å². The number of rotatable bonds is 5. The highest BCUT2D eigenvalue weighted by atomic mass is 16.5. The fourth-order valence-corrected chi connectivity index (χ4v) is 2.22. The van der Waals surface area contributed by atoms with E-state index < -0.39 is 5.91 Å². The molecule has 6 nitrogen and oxygen atoms in total. The summed E-state index contributed by atoms with van der Waals surface area (Å²) in [6.45, 7) is 5.63. The molecule has 2 rings (SSSR count). The van der Waals surface area contributed by atoms with Crippen molar-refractivity contribution in [1.29, 1.82) is 0 Å². The van der Waals surface area contributed by atoms with Gasteiger partial charge in [0.1, 0.15) is 12.4 Å². The molecule has 0 aromatic heterocycles. The Hall–Kier alpha value is -1.79. The van der Waals surface area contributed by atoms with Crippen molar-refractivity contribution in [1.82, 2.24) is 9.80 Å². The minimum absolute atomic E-state index is 0.336. The Morgan fingerprint density at radius 2 is 2.00 bits per heavy atom. The quantitative estimate of drug-likeness (QED) is 0.740. The number of benzene rings is 1. The second-order valence-electron chi connectivity index (χ2n) is 5.11. The van der Waals surface area contributed by atoms with Gasteiger partial charge >= 0.3 is 0 Å². The molecule has 110 valence electrons. The van der Waals surface area contributed by atoms with Crippen LogP contribution >= 0.6 is 0 Å². The number of anilines is 1. The molecule has 1 aromatic carbocycles. The normalized spacial score (nSPS) is 17.1. The van der Waals surface area contributed by atoms with E-state index in [-0.39, 0.29) is 0 Å². The second-order valence-corrected chi connectivity index (χ2v) is 5.11. The number of ether oxygens (including phenoxy) is 1. The molecule has 1 aliphatic heterocycles. The van der Waals surface area contributed by atoms with E-state index >= 15 is 0 Å². The third kappa shape index (κ3) is 3.85. The molecule has 0 unspecified atom stereocenters. The summed E-state index contributed by atoms with van der Waals surface area (Å²) in [5.41, 5.74) is 11.8. The number of nitrogens with zero attached hydrogens (tertiary/aromatic N) is 2. The Kier molecular flexibility index (Phi) is 4.81. The zero-order valence-electron chi connectivity index (χ0n) is 11.8. The molecular weight excluding hydrogens is 256 g/mol. The lowest BCUT2D eigenvalue weighted by molar-refractivity contribution is 0.0993. The predicted octanol–water partition coefficient (Wildman–Crippen LogP) is -0.00610. The number of nitrogens with two attached hydrogens (primary N) is 2. The van der Waals surface area contributed by atoms with Gasteiger partial charge in [-0.1, -0.05) is 0 Å². The van der Waals surface area contributed by atoms with Gasteiger partial charge in [0.05, 0.1) is 5.56 Å². The van der Waals surface area contributed by atoms with Crippen LogP contribution in [0, 0.1) is 0 Å². The highest BCUT2D eigenvalue weighted by Gasteiger charge is 2.14. The molecule has 1 aromatic rings. The van der Waals surface area contributed by atoms with E-state index in [1.54, 1.807) is 18.2 Å². The topological polar surface area (TPSA) is 84.8 Å². The molecule has 1 aliphatic rings. The van der Waals surface area contributed by atoms with Crippen molar-refractivity contribution in [3.8, 4) is 5.75 Å². The maximum atomic E-state index is 11.3. The van der Waals surface area contributed by atoms with Crippen LogP contribution in [-0.2, 0) is 0 Å². The lowest BCUT2D eigenvalue weighted by Crippen LogP contribution is -2.45. The third-order valence-electron chi connectivity index (χ3n) is 3.53.